The van der Waals surface area contributed by atoms with Gasteiger partial charge in [-0.3, -0.25) is 9.69 Å². The second kappa shape index (κ2) is 10.4. The van der Waals surface area contributed by atoms with Crippen LogP contribution in [0.3, 0.4) is 0 Å². The van der Waals surface area contributed by atoms with Gasteiger partial charge in [0.25, 0.3) is 5.91 Å². The van der Waals surface area contributed by atoms with E-state index >= 15 is 0 Å². The summed E-state index contributed by atoms with van der Waals surface area (Å²) >= 11 is 13.8. The summed E-state index contributed by atoms with van der Waals surface area (Å²) in [5.41, 5.74) is 2.25. The monoisotopic (exact) mass is 607 g/mol. The second-order valence-corrected chi connectivity index (χ2v) is 10.3. The van der Waals surface area contributed by atoms with Gasteiger partial charge in [-0.1, -0.05) is 48.2 Å². The minimum Gasteiger partial charge on any atom is -0.495 e. The molecule has 1 fully saturated rings. The highest BCUT2D eigenvalue weighted by atomic mass is 79.9. The molecule has 168 valence electrons. The first kappa shape index (κ1) is 23.9. The first-order valence-corrected chi connectivity index (χ1v) is 12.5. The molecule has 3 aromatic rings. The van der Waals surface area contributed by atoms with E-state index in [2.05, 4.69) is 31.9 Å². The van der Waals surface area contributed by atoms with Gasteiger partial charge in [0.05, 0.1) is 26.6 Å². The normalized spacial score (nSPS) is 14.8. The molecule has 0 aliphatic carbocycles. The summed E-state index contributed by atoms with van der Waals surface area (Å²) in [6, 6.07) is 17.1. The van der Waals surface area contributed by atoms with Crippen LogP contribution in [0.5, 0.6) is 11.5 Å². The van der Waals surface area contributed by atoms with E-state index in [1.165, 1.54) is 28.8 Å². The van der Waals surface area contributed by atoms with Crippen molar-refractivity contribution >= 4 is 77.8 Å². The molecule has 0 radical (unpaired) electrons. The summed E-state index contributed by atoms with van der Waals surface area (Å²) in [4.78, 5) is 15.1. The molecule has 0 spiro atoms. The first-order chi connectivity index (χ1) is 15.9. The van der Waals surface area contributed by atoms with Gasteiger partial charge in [-0.25, -0.2) is 4.39 Å². The van der Waals surface area contributed by atoms with Crippen molar-refractivity contribution in [3.05, 3.63) is 91.5 Å². The summed E-state index contributed by atoms with van der Waals surface area (Å²) in [5.74, 6) is 0.682. The minimum absolute atomic E-state index is 0.210. The molecule has 0 aromatic heterocycles. The highest BCUT2D eigenvalue weighted by Crippen LogP contribution is 2.41. The third-order valence-corrected chi connectivity index (χ3v) is 7.21. The molecule has 0 N–H and O–H groups in total. The van der Waals surface area contributed by atoms with Crippen molar-refractivity contribution in [2.24, 2.45) is 0 Å². The van der Waals surface area contributed by atoms with Crippen LogP contribution in [0.2, 0.25) is 0 Å². The van der Waals surface area contributed by atoms with Crippen LogP contribution in [-0.4, -0.2) is 17.3 Å². The van der Waals surface area contributed by atoms with Crippen LogP contribution in [0.4, 0.5) is 10.1 Å². The topological polar surface area (TPSA) is 38.8 Å². The van der Waals surface area contributed by atoms with Crippen molar-refractivity contribution in [2.45, 2.75) is 6.61 Å². The van der Waals surface area contributed by atoms with E-state index < -0.39 is 0 Å². The van der Waals surface area contributed by atoms with Crippen molar-refractivity contribution in [1.82, 2.24) is 0 Å². The SMILES string of the molecule is COc1ccccc1N1C(=O)C(=Cc2cc(Br)c(OCc3ccc(F)cc3)c(Br)c2)SC1=S. The van der Waals surface area contributed by atoms with Crippen LogP contribution < -0.4 is 14.4 Å². The Morgan fingerprint density at radius 2 is 1.76 bits per heavy atom. The first-order valence-electron chi connectivity index (χ1n) is 9.64. The number of thiocarbonyl (C=S) groups is 1. The number of para-hydroxylation sites is 2. The molecule has 4 nitrogen and oxygen atoms in total. The Morgan fingerprint density at radius 3 is 2.42 bits per heavy atom. The molecule has 1 aliphatic heterocycles. The lowest BCUT2D eigenvalue weighted by atomic mass is 10.2. The molecule has 1 aliphatic rings. The molecular formula is C24H16Br2FNO3S2. The fraction of sp³-hybridized carbons (Fsp3) is 0.0833. The zero-order valence-corrected chi connectivity index (χ0v) is 22.0. The van der Waals surface area contributed by atoms with E-state index in [1.807, 2.05) is 24.3 Å². The molecule has 3 aromatic carbocycles. The molecule has 1 saturated heterocycles. The molecule has 33 heavy (non-hydrogen) atoms. The maximum atomic E-state index is 13.1. The quantitative estimate of drug-likeness (QED) is 0.216. The lowest BCUT2D eigenvalue weighted by Crippen LogP contribution is -2.27. The van der Waals surface area contributed by atoms with Crippen LogP contribution in [-0.2, 0) is 11.4 Å². The van der Waals surface area contributed by atoms with Crippen molar-refractivity contribution in [1.29, 1.82) is 0 Å². The van der Waals surface area contributed by atoms with E-state index in [1.54, 1.807) is 37.5 Å². The minimum atomic E-state index is -0.290. The Hall–Kier alpha value is -2.20. The fourth-order valence-corrected chi connectivity index (χ4v) is 5.91. The van der Waals surface area contributed by atoms with Gasteiger partial charge >= 0.3 is 0 Å². The van der Waals surface area contributed by atoms with Gasteiger partial charge in [-0.15, -0.1) is 0 Å². The van der Waals surface area contributed by atoms with Crippen LogP contribution >= 0.6 is 55.8 Å². The Morgan fingerprint density at radius 1 is 1.09 bits per heavy atom. The van der Waals surface area contributed by atoms with E-state index in [9.17, 15) is 9.18 Å². The number of ether oxygens (including phenoxy) is 2. The van der Waals surface area contributed by atoms with Gasteiger partial charge in [-0.05, 0) is 85.5 Å². The number of hydrogen-bond donors (Lipinski definition) is 0. The summed E-state index contributed by atoms with van der Waals surface area (Å²) in [6.07, 6.45) is 1.79. The Kier molecular flexibility index (Phi) is 7.53. The number of benzene rings is 3. The van der Waals surface area contributed by atoms with E-state index in [-0.39, 0.29) is 18.3 Å². The number of thioether (sulfide) groups is 1. The van der Waals surface area contributed by atoms with E-state index in [0.29, 0.717) is 35.4 Å². The number of halogens is 3. The third kappa shape index (κ3) is 5.32. The molecule has 4 rings (SSSR count). The predicted molar refractivity (Wildman–Crippen MR) is 141 cm³/mol. The van der Waals surface area contributed by atoms with Crippen LogP contribution in [0.1, 0.15) is 11.1 Å². The lowest BCUT2D eigenvalue weighted by Gasteiger charge is -2.17. The number of hydrogen-bond acceptors (Lipinski definition) is 5. The van der Waals surface area contributed by atoms with Crippen LogP contribution in [0.15, 0.2) is 74.5 Å². The zero-order chi connectivity index (χ0) is 23.5. The highest BCUT2D eigenvalue weighted by molar-refractivity contribution is 9.11. The Labute approximate surface area is 217 Å². The lowest BCUT2D eigenvalue weighted by molar-refractivity contribution is -0.113. The predicted octanol–water partition coefficient (Wildman–Crippen LogP) is 7.34. The molecule has 0 atom stereocenters. The van der Waals surface area contributed by atoms with Crippen LogP contribution in [0, 0.1) is 5.82 Å². The summed E-state index contributed by atoms with van der Waals surface area (Å²) < 4.78 is 26.3. The standard InChI is InChI=1S/C24H16Br2FNO3S2/c1-30-20-5-3-2-4-19(20)28-23(29)21(33-24(28)32)12-15-10-17(25)22(18(26)11-15)31-13-14-6-8-16(27)9-7-14/h2-12H,13H2,1H3. The molecule has 1 amide bonds. The largest absolute Gasteiger partial charge is 0.495 e. The number of carbonyl (C=O) groups is 1. The molecule has 0 bridgehead atoms. The number of anilines is 1. The number of amides is 1. The van der Waals surface area contributed by atoms with E-state index in [0.717, 1.165) is 11.1 Å². The molecular weight excluding hydrogens is 593 g/mol. The number of nitrogens with zero attached hydrogens (tertiary/aromatic N) is 1. The Bertz CT molecular complexity index is 1240. The van der Waals surface area contributed by atoms with Gasteiger partial charge < -0.3 is 9.47 Å². The number of carbonyl (C=O) groups excluding carboxylic acids is 1. The zero-order valence-electron chi connectivity index (χ0n) is 17.2. The smallest absolute Gasteiger partial charge is 0.270 e. The van der Waals surface area contributed by atoms with Gasteiger partial charge in [0.15, 0.2) is 4.32 Å². The molecule has 0 unspecified atom stereocenters. The highest BCUT2D eigenvalue weighted by Gasteiger charge is 2.34. The molecule has 0 saturated carbocycles. The maximum Gasteiger partial charge on any atom is 0.270 e. The Balaban J connectivity index is 1.56. The average Bonchev–Trinajstić information content (AvgIpc) is 3.07. The van der Waals surface area contributed by atoms with Gasteiger partial charge in [0, 0.05) is 0 Å². The number of rotatable bonds is 6. The maximum absolute atomic E-state index is 13.1. The summed E-state index contributed by atoms with van der Waals surface area (Å²) in [5, 5.41) is 0. The fourth-order valence-electron chi connectivity index (χ4n) is 3.18. The summed E-state index contributed by atoms with van der Waals surface area (Å²) in [6.45, 7) is 0.286. The average molecular weight is 609 g/mol. The van der Waals surface area contributed by atoms with Crippen molar-refractivity contribution in [3.8, 4) is 11.5 Å². The molecule has 9 heteroatoms. The van der Waals surface area contributed by atoms with Crippen molar-refractivity contribution < 1.29 is 18.7 Å². The van der Waals surface area contributed by atoms with Gasteiger partial charge in [0.2, 0.25) is 0 Å². The molecule has 1 heterocycles. The summed E-state index contributed by atoms with van der Waals surface area (Å²) in [7, 11) is 1.56. The van der Waals surface area contributed by atoms with E-state index in [4.69, 9.17) is 21.7 Å². The van der Waals surface area contributed by atoms with Gasteiger partial charge in [-0.2, -0.15) is 0 Å². The van der Waals surface area contributed by atoms with Crippen LogP contribution in [0.25, 0.3) is 6.08 Å². The third-order valence-electron chi connectivity index (χ3n) is 4.73. The van der Waals surface area contributed by atoms with Crippen molar-refractivity contribution in [3.63, 3.8) is 0 Å². The van der Waals surface area contributed by atoms with Gasteiger partial charge in [0.1, 0.15) is 23.9 Å². The number of methoxy groups -OCH3 is 1. The second-order valence-electron chi connectivity index (χ2n) is 6.92. The van der Waals surface area contributed by atoms with Crippen molar-refractivity contribution in [2.75, 3.05) is 12.0 Å².